The quantitative estimate of drug-likeness (QED) is 0.519. The Hall–Kier alpha value is -1.81. The van der Waals surface area contributed by atoms with Gasteiger partial charge in [0.1, 0.15) is 0 Å². The van der Waals surface area contributed by atoms with Crippen molar-refractivity contribution in [2.75, 3.05) is 0 Å². The summed E-state index contributed by atoms with van der Waals surface area (Å²) < 4.78 is 2.48. The van der Waals surface area contributed by atoms with Gasteiger partial charge in [-0.1, -0.05) is 20.8 Å². The summed E-state index contributed by atoms with van der Waals surface area (Å²) in [6.07, 6.45) is 3.58. The van der Waals surface area contributed by atoms with E-state index in [1.54, 1.807) is 0 Å². The molecule has 1 unspecified atom stereocenters. The van der Waals surface area contributed by atoms with Gasteiger partial charge in [0.15, 0.2) is 0 Å². The molecule has 1 heterocycles. The van der Waals surface area contributed by atoms with E-state index in [1.807, 2.05) is 12.1 Å². The van der Waals surface area contributed by atoms with Gasteiger partial charge in [-0.3, -0.25) is 10.2 Å². The highest BCUT2D eigenvalue weighted by molar-refractivity contribution is 5.99. The first kappa shape index (κ1) is 15.1. The van der Waals surface area contributed by atoms with Crippen LogP contribution in [0, 0.1) is 5.92 Å². The average Bonchev–Trinajstić information content (AvgIpc) is 2.81. The average molecular weight is 299 g/mol. The van der Waals surface area contributed by atoms with Crippen molar-refractivity contribution >= 4 is 16.8 Å². The van der Waals surface area contributed by atoms with Gasteiger partial charge in [-0.05, 0) is 54.9 Å². The Labute approximate surface area is 131 Å². The van der Waals surface area contributed by atoms with Crippen molar-refractivity contribution < 1.29 is 4.79 Å². The van der Waals surface area contributed by atoms with Gasteiger partial charge in [0.05, 0.1) is 0 Å². The number of aromatic nitrogens is 1. The summed E-state index contributed by atoms with van der Waals surface area (Å²) in [5.74, 6) is 6.23. The third kappa shape index (κ3) is 2.41. The third-order valence-corrected chi connectivity index (χ3v) is 4.68. The van der Waals surface area contributed by atoms with Crippen LogP contribution in [-0.4, -0.2) is 10.5 Å². The molecule has 1 aliphatic rings. The number of benzene rings is 1. The fourth-order valence-electron chi connectivity index (χ4n) is 3.78. The van der Waals surface area contributed by atoms with E-state index in [1.165, 1.54) is 35.0 Å². The van der Waals surface area contributed by atoms with Gasteiger partial charge in [-0.25, -0.2) is 5.84 Å². The number of aryl methyl sites for hydroxylation is 1. The molecule has 22 heavy (non-hydrogen) atoms. The lowest BCUT2D eigenvalue weighted by Crippen LogP contribution is -2.29. The fraction of sp³-hybridized carbons (Fsp3) is 0.500. The highest BCUT2D eigenvalue weighted by atomic mass is 16.2. The topological polar surface area (TPSA) is 60.0 Å². The first-order chi connectivity index (χ1) is 10.5. The smallest absolute Gasteiger partial charge is 0.265 e. The van der Waals surface area contributed by atoms with Crippen molar-refractivity contribution in [2.24, 2.45) is 11.8 Å². The summed E-state index contributed by atoms with van der Waals surface area (Å²) in [5.41, 5.74) is 7.02. The highest BCUT2D eigenvalue weighted by Gasteiger charge is 2.25. The molecule has 1 aromatic carbocycles. The van der Waals surface area contributed by atoms with Crippen LogP contribution >= 0.6 is 0 Å². The lowest BCUT2D eigenvalue weighted by atomic mass is 9.87. The van der Waals surface area contributed by atoms with Gasteiger partial charge in [0.2, 0.25) is 0 Å². The number of hydrogen-bond acceptors (Lipinski definition) is 2. The van der Waals surface area contributed by atoms with Gasteiger partial charge >= 0.3 is 0 Å². The van der Waals surface area contributed by atoms with Crippen molar-refractivity contribution in [3.05, 3.63) is 35.0 Å². The summed E-state index contributed by atoms with van der Waals surface area (Å²) in [4.78, 5) is 11.8. The number of rotatable bonds is 3. The zero-order valence-corrected chi connectivity index (χ0v) is 13.6. The Bertz CT molecular complexity index is 715. The van der Waals surface area contributed by atoms with Crippen LogP contribution in [0.25, 0.3) is 10.9 Å². The van der Waals surface area contributed by atoms with Crippen LogP contribution < -0.4 is 11.3 Å². The van der Waals surface area contributed by atoms with Gasteiger partial charge in [-0.2, -0.15) is 0 Å². The minimum absolute atomic E-state index is 0.226. The molecule has 0 spiro atoms. The molecule has 0 radical (unpaired) electrons. The van der Waals surface area contributed by atoms with E-state index in [0.29, 0.717) is 17.4 Å². The largest absolute Gasteiger partial charge is 0.344 e. The lowest BCUT2D eigenvalue weighted by Gasteiger charge is -2.23. The molecule has 0 saturated carbocycles. The van der Waals surface area contributed by atoms with E-state index in [9.17, 15) is 4.79 Å². The number of carbonyl (C=O) groups is 1. The van der Waals surface area contributed by atoms with Crippen LogP contribution in [-0.2, 0) is 13.0 Å². The molecule has 0 saturated heterocycles. The van der Waals surface area contributed by atoms with Crippen molar-refractivity contribution in [1.82, 2.24) is 9.99 Å². The number of hydrogen-bond donors (Lipinski definition) is 2. The van der Waals surface area contributed by atoms with Crippen molar-refractivity contribution in [3.8, 4) is 0 Å². The molecule has 118 valence electrons. The fourth-order valence-corrected chi connectivity index (χ4v) is 3.78. The molecule has 2 aromatic rings. The van der Waals surface area contributed by atoms with Crippen LogP contribution in [0.3, 0.4) is 0 Å². The Morgan fingerprint density at radius 2 is 2.23 bits per heavy atom. The minimum atomic E-state index is -0.226. The highest BCUT2D eigenvalue weighted by Crippen LogP contribution is 2.39. The van der Waals surface area contributed by atoms with Crippen molar-refractivity contribution in [1.29, 1.82) is 0 Å². The van der Waals surface area contributed by atoms with Crippen LogP contribution in [0.2, 0.25) is 0 Å². The molecular formula is C18H25N3O. The second-order valence-electron chi connectivity index (χ2n) is 6.87. The standard InChI is InChI=1S/C18H25N3O/c1-11(2)10-21-16-8-7-13(18(22)20-19)9-15(16)14-6-4-5-12(3)17(14)21/h7-9,11-12H,4-6,10,19H2,1-3H3,(H,20,22). The molecule has 4 heteroatoms. The maximum Gasteiger partial charge on any atom is 0.265 e. The molecule has 0 bridgehead atoms. The zero-order chi connectivity index (χ0) is 15.9. The molecule has 3 N–H and O–H groups in total. The Kier molecular flexibility index (Phi) is 3.96. The number of nitrogens with two attached hydrogens (primary N) is 1. The molecular weight excluding hydrogens is 274 g/mol. The molecule has 4 nitrogen and oxygen atoms in total. The number of amides is 1. The molecule has 0 fully saturated rings. The summed E-state index contributed by atoms with van der Waals surface area (Å²) in [7, 11) is 0. The SMILES string of the molecule is CC(C)Cn1c2c(c3cc(C(=O)NN)ccc31)CCCC2C. The number of carbonyl (C=O) groups excluding carboxylic acids is 1. The van der Waals surface area contributed by atoms with E-state index >= 15 is 0 Å². The number of nitrogen functional groups attached to an aromatic ring is 1. The molecule has 1 atom stereocenters. The Morgan fingerprint density at radius 3 is 2.91 bits per heavy atom. The van der Waals surface area contributed by atoms with Crippen molar-refractivity contribution in [2.45, 2.75) is 52.5 Å². The van der Waals surface area contributed by atoms with Crippen LogP contribution in [0.4, 0.5) is 0 Å². The van der Waals surface area contributed by atoms with Gasteiger partial charge in [0, 0.05) is 28.7 Å². The predicted molar refractivity (Wildman–Crippen MR) is 89.8 cm³/mol. The number of hydrazine groups is 1. The maximum absolute atomic E-state index is 11.8. The van der Waals surface area contributed by atoms with E-state index in [4.69, 9.17) is 5.84 Å². The predicted octanol–water partition coefficient (Wildman–Crippen LogP) is 3.34. The van der Waals surface area contributed by atoms with Gasteiger partial charge in [0.25, 0.3) is 5.91 Å². The number of nitrogens with one attached hydrogen (secondary N) is 1. The lowest BCUT2D eigenvalue weighted by molar-refractivity contribution is 0.0954. The van der Waals surface area contributed by atoms with E-state index in [0.717, 1.165) is 13.0 Å². The molecule has 0 aliphatic heterocycles. The summed E-state index contributed by atoms with van der Waals surface area (Å²) >= 11 is 0. The zero-order valence-electron chi connectivity index (χ0n) is 13.6. The van der Waals surface area contributed by atoms with E-state index in [-0.39, 0.29) is 5.91 Å². The van der Waals surface area contributed by atoms with Crippen molar-refractivity contribution in [3.63, 3.8) is 0 Å². The third-order valence-electron chi connectivity index (χ3n) is 4.68. The van der Waals surface area contributed by atoms with Gasteiger partial charge in [-0.15, -0.1) is 0 Å². The Balaban J connectivity index is 2.24. The molecule has 1 amide bonds. The molecule has 1 aliphatic carbocycles. The summed E-state index contributed by atoms with van der Waals surface area (Å²) in [6, 6.07) is 5.95. The number of fused-ring (bicyclic) bond motifs is 3. The van der Waals surface area contributed by atoms with Crippen LogP contribution in [0.1, 0.15) is 61.1 Å². The first-order valence-electron chi connectivity index (χ1n) is 8.19. The van der Waals surface area contributed by atoms with E-state index in [2.05, 4.69) is 36.8 Å². The monoisotopic (exact) mass is 299 g/mol. The van der Waals surface area contributed by atoms with E-state index < -0.39 is 0 Å². The second kappa shape index (κ2) is 5.76. The minimum Gasteiger partial charge on any atom is -0.344 e. The molecule has 3 rings (SSSR count). The van der Waals surface area contributed by atoms with Crippen LogP contribution in [0.15, 0.2) is 18.2 Å². The normalized spacial score (nSPS) is 17.8. The molecule has 1 aromatic heterocycles. The summed E-state index contributed by atoms with van der Waals surface area (Å²) in [5, 5.41) is 1.23. The van der Waals surface area contributed by atoms with Gasteiger partial charge < -0.3 is 4.57 Å². The maximum atomic E-state index is 11.8. The number of nitrogens with zero attached hydrogens (tertiary/aromatic N) is 1. The summed E-state index contributed by atoms with van der Waals surface area (Å²) in [6.45, 7) is 7.85. The van der Waals surface area contributed by atoms with Crippen LogP contribution in [0.5, 0.6) is 0 Å². The second-order valence-corrected chi connectivity index (χ2v) is 6.87. The first-order valence-corrected chi connectivity index (χ1v) is 8.19. The Morgan fingerprint density at radius 1 is 1.45 bits per heavy atom.